The zero-order valence-corrected chi connectivity index (χ0v) is 11.1. The molecule has 1 heterocycles. The van der Waals surface area contributed by atoms with E-state index < -0.39 is 0 Å². The highest BCUT2D eigenvalue weighted by molar-refractivity contribution is 5.77. The van der Waals surface area contributed by atoms with E-state index in [0.717, 1.165) is 24.2 Å². The summed E-state index contributed by atoms with van der Waals surface area (Å²) in [5, 5.41) is 2.86. The van der Waals surface area contributed by atoms with E-state index in [1.165, 1.54) is 0 Å². The number of amides is 1. The van der Waals surface area contributed by atoms with Gasteiger partial charge in [-0.3, -0.25) is 14.7 Å². The second kappa shape index (κ2) is 7.79. The molecule has 0 bridgehead atoms. The Kier molecular flexibility index (Phi) is 6.32. The van der Waals surface area contributed by atoms with Crippen molar-refractivity contribution in [2.45, 2.75) is 26.4 Å². The molecule has 0 aromatic carbocycles. The van der Waals surface area contributed by atoms with E-state index in [-0.39, 0.29) is 5.91 Å². The molecule has 18 heavy (non-hydrogen) atoms. The van der Waals surface area contributed by atoms with Gasteiger partial charge in [0.25, 0.3) is 0 Å². The molecule has 0 saturated heterocycles. The molecule has 1 amide bonds. The van der Waals surface area contributed by atoms with E-state index in [0.29, 0.717) is 19.6 Å². The number of hydrogen-bond acceptors (Lipinski definition) is 4. The summed E-state index contributed by atoms with van der Waals surface area (Å²) in [6.07, 6.45) is 2.69. The van der Waals surface area contributed by atoms with Gasteiger partial charge in [0.15, 0.2) is 0 Å². The Bertz CT molecular complexity index is 381. The summed E-state index contributed by atoms with van der Waals surface area (Å²) < 4.78 is 0. The number of rotatable bonds is 7. The summed E-state index contributed by atoms with van der Waals surface area (Å²) in [6, 6.07) is 3.88. The van der Waals surface area contributed by atoms with Crippen molar-refractivity contribution in [3.63, 3.8) is 0 Å². The van der Waals surface area contributed by atoms with Crippen LogP contribution in [0.4, 0.5) is 0 Å². The number of hydrogen-bond donors (Lipinski definition) is 2. The van der Waals surface area contributed by atoms with Gasteiger partial charge in [0.2, 0.25) is 5.91 Å². The van der Waals surface area contributed by atoms with Gasteiger partial charge >= 0.3 is 0 Å². The number of carbonyl (C=O) groups is 1. The first-order chi connectivity index (χ1) is 8.67. The number of aromatic nitrogens is 1. The average molecular weight is 250 g/mol. The molecule has 0 radical (unpaired) electrons. The highest BCUT2D eigenvalue weighted by Gasteiger charge is 2.08. The van der Waals surface area contributed by atoms with Crippen molar-refractivity contribution in [3.8, 4) is 0 Å². The normalized spacial score (nSPS) is 10.7. The number of nitrogens with two attached hydrogens (primary N) is 1. The monoisotopic (exact) mass is 250 g/mol. The van der Waals surface area contributed by atoms with Gasteiger partial charge in [-0.25, -0.2) is 0 Å². The Morgan fingerprint density at radius 2 is 2.33 bits per heavy atom. The Morgan fingerprint density at radius 3 is 3.00 bits per heavy atom. The Hall–Kier alpha value is -1.46. The smallest absolute Gasteiger partial charge is 0.234 e. The summed E-state index contributed by atoms with van der Waals surface area (Å²) in [5.74, 6) is 0.0533. The fraction of sp³-hybridized carbons (Fsp3) is 0.538. The van der Waals surface area contributed by atoms with Crippen molar-refractivity contribution in [2.75, 3.05) is 20.1 Å². The van der Waals surface area contributed by atoms with Crippen LogP contribution in [0.5, 0.6) is 0 Å². The second-order valence-electron chi connectivity index (χ2n) is 4.34. The predicted octanol–water partition coefficient (Wildman–Crippen LogP) is 0.498. The van der Waals surface area contributed by atoms with Crippen molar-refractivity contribution < 1.29 is 4.79 Å². The van der Waals surface area contributed by atoms with E-state index in [1.54, 1.807) is 6.20 Å². The van der Waals surface area contributed by atoms with Crippen LogP contribution < -0.4 is 11.1 Å². The second-order valence-corrected chi connectivity index (χ2v) is 4.34. The quantitative estimate of drug-likeness (QED) is 0.739. The molecule has 0 spiro atoms. The number of carbonyl (C=O) groups excluding carboxylic acids is 1. The standard InChI is InChI=1S/C13H22N4O/c1-3-6-16-13(18)10-17(2)9-11-5-4-7-15-12(11)8-14/h4-5,7H,3,6,8-10,14H2,1-2H3,(H,16,18). The maximum atomic E-state index is 11.6. The summed E-state index contributed by atoms with van der Waals surface area (Å²) in [4.78, 5) is 17.8. The lowest BCUT2D eigenvalue weighted by Gasteiger charge is -2.17. The van der Waals surface area contributed by atoms with E-state index in [4.69, 9.17) is 5.73 Å². The lowest BCUT2D eigenvalue weighted by molar-refractivity contribution is -0.122. The molecule has 0 aliphatic rings. The molecule has 5 nitrogen and oxygen atoms in total. The van der Waals surface area contributed by atoms with Gasteiger partial charge in [-0.15, -0.1) is 0 Å². The van der Waals surface area contributed by atoms with Gasteiger partial charge in [0.05, 0.1) is 12.2 Å². The third-order valence-corrected chi connectivity index (χ3v) is 2.60. The highest BCUT2D eigenvalue weighted by Crippen LogP contribution is 2.07. The van der Waals surface area contributed by atoms with Crippen LogP contribution in [0.2, 0.25) is 0 Å². The maximum absolute atomic E-state index is 11.6. The predicted molar refractivity (Wildman–Crippen MR) is 71.8 cm³/mol. The lowest BCUT2D eigenvalue weighted by atomic mass is 10.2. The average Bonchev–Trinajstić information content (AvgIpc) is 2.36. The van der Waals surface area contributed by atoms with Crippen molar-refractivity contribution in [2.24, 2.45) is 5.73 Å². The molecule has 5 heteroatoms. The molecule has 0 saturated carbocycles. The molecule has 0 aliphatic heterocycles. The van der Waals surface area contributed by atoms with Crippen molar-refractivity contribution in [3.05, 3.63) is 29.6 Å². The summed E-state index contributed by atoms with van der Waals surface area (Å²) in [6.45, 7) is 4.26. The first-order valence-electron chi connectivity index (χ1n) is 6.25. The molecule has 3 N–H and O–H groups in total. The Labute approximate surface area is 108 Å². The van der Waals surface area contributed by atoms with E-state index >= 15 is 0 Å². The van der Waals surface area contributed by atoms with E-state index in [1.807, 2.05) is 31.0 Å². The minimum absolute atomic E-state index is 0.0533. The zero-order chi connectivity index (χ0) is 13.4. The van der Waals surface area contributed by atoms with E-state index in [2.05, 4.69) is 10.3 Å². The van der Waals surface area contributed by atoms with Crippen LogP contribution in [0.25, 0.3) is 0 Å². The molecule has 1 aromatic heterocycles. The molecular weight excluding hydrogens is 228 g/mol. The fourth-order valence-electron chi connectivity index (χ4n) is 1.71. The Morgan fingerprint density at radius 1 is 1.56 bits per heavy atom. The van der Waals surface area contributed by atoms with Crippen LogP contribution in [0, 0.1) is 0 Å². The largest absolute Gasteiger partial charge is 0.355 e. The van der Waals surface area contributed by atoms with Crippen molar-refractivity contribution in [1.29, 1.82) is 0 Å². The number of pyridine rings is 1. The number of nitrogens with one attached hydrogen (secondary N) is 1. The van der Waals surface area contributed by atoms with Crippen LogP contribution in [0.1, 0.15) is 24.6 Å². The van der Waals surface area contributed by atoms with Gasteiger partial charge in [-0.1, -0.05) is 13.0 Å². The highest BCUT2D eigenvalue weighted by atomic mass is 16.2. The van der Waals surface area contributed by atoms with Crippen molar-refractivity contribution >= 4 is 5.91 Å². The SMILES string of the molecule is CCCNC(=O)CN(C)Cc1cccnc1CN. The number of nitrogens with zero attached hydrogens (tertiary/aromatic N) is 2. The first kappa shape index (κ1) is 14.6. The van der Waals surface area contributed by atoms with Gasteiger partial charge in [-0.2, -0.15) is 0 Å². The summed E-state index contributed by atoms with van der Waals surface area (Å²) in [5.41, 5.74) is 7.60. The Balaban J connectivity index is 2.48. The first-order valence-corrected chi connectivity index (χ1v) is 6.25. The third-order valence-electron chi connectivity index (χ3n) is 2.60. The molecular formula is C13H22N4O. The summed E-state index contributed by atoms with van der Waals surface area (Å²) >= 11 is 0. The molecule has 100 valence electrons. The maximum Gasteiger partial charge on any atom is 0.234 e. The van der Waals surface area contributed by atoms with Gasteiger partial charge in [0, 0.05) is 25.8 Å². The lowest BCUT2D eigenvalue weighted by Crippen LogP contribution is -2.35. The molecule has 1 aromatic rings. The zero-order valence-electron chi connectivity index (χ0n) is 11.1. The molecule has 0 atom stereocenters. The van der Waals surface area contributed by atoms with Crippen LogP contribution in [-0.4, -0.2) is 35.9 Å². The fourth-order valence-corrected chi connectivity index (χ4v) is 1.71. The van der Waals surface area contributed by atoms with Crippen LogP contribution in [-0.2, 0) is 17.9 Å². The molecule has 0 unspecified atom stereocenters. The van der Waals surface area contributed by atoms with Crippen molar-refractivity contribution in [1.82, 2.24) is 15.2 Å². The molecule has 1 rings (SSSR count). The van der Waals surface area contributed by atoms with Gasteiger partial charge < -0.3 is 11.1 Å². The third kappa shape index (κ3) is 4.81. The number of likely N-dealkylation sites (N-methyl/N-ethyl adjacent to an activating group) is 1. The van der Waals surface area contributed by atoms with Crippen LogP contribution in [0.3, 0.4) is 0 Å². The molecule has 0 fully saturated rings. The van der Waals surface area contributed by atoms with Crippen LogP contribution >= 0.6 is 0 Å². The topological polar surface area (TPSA) is 71.2 Å². The van der Waals surface area contributed by atoms with Gasteiger partial charge in [-0.05, 0) is 25.1 Å². The van der Waals surface area contributed by atoms with Crippen LogP contribution in [0.15, 0.2) is 18.3 Å². The summed E-state index contributed by atoms with van der Waals surface area (Å²) in [7, 11) is 1.92. The minimum Gasteiger partial charge on any atom is -0.355 e. The minimum atomic E-state index is 0.0533. The van der Waals surface area contributed by atoms with Gasteiger partial charge in [0.1, 0.15) is 0 Å². The molecule has 0 aliphatic carbocycles. The van der Waals surface area contributed by atoms with E-state index in [9.17, 15) is 4.79 Å².